The number of fused-ring (bicyclic) bond motifs is 1. The number of hydrogen-bond donors (Lipinski definition) is 1. The zero-order valence-electron chi connectivity index (χ0n) is 12.0. The second-order valence-corrected chi connectivity index (χ2v) is 5.46. The van der Waals surface area contributed by atoms with Gasteiger partial charge in [-0.2, -0.15) is 0 Å². The number of aromatic hydroxyl groups is 1. The molecule has 4 nitrogen and oxygen atoms in total. The Bertz CT molecular complexity index is 682. The number of nitrogens with zero attached hydrogens (tertiary/aromatic N) is 2. The molecule has 3 rings (SSSR count). The third-order valence-electron chi connectivity index (χ3n) is 3.99. The van der Waals surface area contributed by atoms with Crippen LogP contribution in [0.25, 0.3) is 0 Å². The molecule has 108 valence electrons. The van der Waals surface area contributed by atoms with Crippen LogP contribution in [0, 0.1) is 6.92 Å². The molecule has 0 bridgehead atoms. The second kappa shape index (κ2) is 5.56. The first-order valence-electron chi connectivity index (χ1n) is 7.12. The Morgan fingerprint density at radius 1 is 1.33 bits per heavy atom. The molecule has 0 aliphatic carbocycles. The third kappa shape index (κ3) is 2.89. The van der Waals surface area contributed by atoms with Crippen molar-refractivity contribution >= 4 is 5.91 Å². The minimum atomic E-state index is 0.0887. The van der Waals surface area contributed by atoms with Gasteiger partial charge >= 0.3 is 0 Å². The number of hydrogen-bond acceptors (Lipinski definition) is 3. The molecule has 0 saturated carbocycles. The van der Waals surface area contributed by atoms with Gasteiger partial charge in [-0.15, -0.1) is 0 Å². The van der Waals surface area contributed by atoms with E-state index < -0.39 is 0 Å². The van der Waals surface area contributed by atoms with Crippen LogP contribution in [0.4, 0.5) is 0 Å². The van der Waals surface area contributed by atoms with Crippen LogP contribution >= 0.6 is 0 Å². The summed E-state index contributed by atoms with van der Waals surface area (Å²) in [7, 11) is 0. The van der Waals surface area contributed by atoms with Crippen LogP contribution in [0.2, 0.25) is 0 Å². The first-order valence-corrected chi connectivity index (χ1v) is 7.12. The molecule has 0 atom stereocenters. The summed E-state index contributed by atoms with van der Waals surface area (Å²) in [6, 6.07) is 9.24. The molecule has 0 spiro atoms. The molecular formula is C17H18N2O2. The first-order chi connectivity index (χ1) is 10.1. The van der Waals surface area contributed by atoms with Crippen molar-refractivity contribution in [1.82, 2.24) is 9.88 Å². The summed E-state index contributed by atoms with van der Waals surface area (Å²) in [6.45, 7) is 3.26. The van der Waals surface area contributed by atoms with E-state index in [1.165, 1.54) is 5.56 Å². The zero-order chi connectivity index (χ0) is 14.8. The molecule has 0 radical (unpaired) electrons. The molecule has 1 aromatic heterocycles. The summed E-state index contributed by atoms with van der Waals surface area (Å²) in [5.41, 5.74) is 4.13. The quantitative estimate of drug-likeness (QED) is 0.919. The molecule has 21 heavy (non-hydrogen) atoms. The predicted octanol–water partition coefficient (Wildman–Crippen LogP) is 2.22. The minimum absolute atomic E-state index is 0.0887. The number of benzene rings is 1. The fourth-order valence-electron chi connectivity index (χ4n) is 2.71. The standard InChI is InChI=1S/C17H18N2O2/c1-12-3-2-7-18-16(12)10-17(21)19-8-6-13-4-5-15(20)9-14(13)11-19/h2-5,7,9,20H,6,8,10-11H2,1H3. The molecule has 2 heterocycles. The Morgan fingerprint density at radius 2 is 2.19 bits per heavy atom. The molecule has 1 aliphatic rings. The number of pyridine rings is 1. The maximum absolute atomic E-state index is 12.4. The number of phenolic OH excluding ortho intramolecular Hbond substituents is 1. The molecule has 0 fully saturated rings. The van der Waals surface area contributed by atoms with Gasteiger partial charge in [0, 0.05) is 19.3 Å². The highest BCUT2D eigenvalue weighted by atomic mass is 16.3. The van der Waals surface area contributed by atoms with Gasteiger partial charge in [-0.05, 0) is 48.2 Å². The van der Waals surface area contributed by atoms with Gasteiger partial charge in [-0.25, -0.2) is 0 Å². The average molecular weight is 282 g/mol. The van der Waals surface area contributed by atoms with Crippen LogP contribution in [-0.4, -0.2) is 27.4 Å². The first kappa shape index (κ1) is 13.6. The van der Waals surface area contributed by atoms with E-state index in [1.54, 1.807) is 18.3 Å². The van der Waals surface area contributed by atoms with Gasteiger partial charge < -0.3 is 10.0 Å². The Balaban J connectivity index is 1.74. The van der Waals surface area contributed by atoms with E-state index in [1.807, 2.05) is 30.0 Å². The summed E-state index contributed by atoms with van der Waals surface area (Å²) in [6.07, 6.45) is 2.89. The molecular weight excluding hydrogens is 264 g/mol. The molecule has 1 N–H and O–H groups in total. The highest BCUT2D eigenvalue weighted by Crippen LogP contribution is 2.23. The SMILES string of the molecule is Cc1cccnc1CC(=O)N1CCc2ccc(O)cc2C1. The smallest absolute Gasteiger partial charge is 0.228 e. The molecule has 1 aromatic carbocycles. The lowest BCUT2D eigenvalue weighted by molar-refractivity contribution is -0.131. The summed E-state index contributed by atoms with van der Waals surface area (Å²) in [5.74, 6) is 0.342. The summed E-state index contributed by atoms with van der Waals surface area (Å²) in [4.78, 5) is 18.6. The largest absolute Gasteiger partial charge is 0.508 e. The molecule has 1 aliphatic heterocycles. The highest BCUT2D eigenvalue weighted by Gasteiger charge is 2.21. The van der Waals surface area contributed by atoms with Crippen molar-refractivity contribution in [3.8, 4) is 5.75 Å². The Hall–Kier alpha value is -2.36. The van der Waals surface area contributed by atoms with E-state index in [0.29, 0.717) is 13.0 Å². The Labute approximate surface area is 124 Å². The van der Waals surface area contributed by atoms with Crippen LogP contribution in [0.5, 0.6) is 5.75 Å². The van der Waals surface area contributed by atoms with Crippen molar-refractivity contribution in [3.05, 3.63) is 58.9 Å². The van der Waals surface area contributed by atoms with Crippen LogP contribution in [-0.2, 0) is 24.2 Å². The van der Waals surface area contributed by atoms with Gasteiger partial charge in [0.25, 0.3) is 0 Å². The fraction of sp³-hybridized carbons (Fsp3) is 0.294. The minimum Gasteiger partial charge on any atom is -0.508 e. The maximum Gasteiger partial charge on any atom is 0.228 e. The van der Waals surface area contributed by atoms with E-state index in [9.17, 15) is 9.90 Å². The number of phenols is 1. The number of amides is 1. The maximum atomic E-state index is 12.4. The van der Waals surface area contributed by atoms with Crippen LogP contribution in [0.1, 0.15) is 22.4 Å². The van der Waals surface area contributed by atoms with E-state index in [0.717, 1.165) is 29.8 Å². The Kier molecular flexibility index (Phi) is 3.60. The van der Waals surface area contributed by atoms with Crippen molar-refractivity contribution in [2.24, 2.45) is 0 Å². The highest BCUT2D eigenvalue weighted by molar-refractivity contribution is 5.79. The van der Waals surface area contributed by atoms with Gasteiger partial charge in [0.2, 0.25) is 5.91 Å². The lowest BCUT2D eigenvalue weighted by atomic mass is 9.99. The number of carbonyl (C=O) groups is 1. The zero-order valence-corrected chi connectivity index (χ0v) is 12.0. The Morgan fingerprint density at radius 3 is 3.00 bits per heavy atom. The van der Waals surface area contributed by atoms with Crippen molar-refractivity contribution in [3.63, 3.8) is 0 Å². The molecule has 0 saturated heterocycles. The van der Waals surface area contributed by atoms with Gasteiger partial charge in [0.05, 0.1) is 12.1 Å². The number of rotatable bonds is 2. The molecule has 1 amide bonds. The number of carbonyl (C=O) groups excluding carboxylic acids is 1. The number of aromatic nitrogens is 1. The van der Waals surface area contributed by atoms with Crippen LogP contribution in [0.3, 0.4) is 0 Å². The van der Waals surface area contributed by atoms with Gasteiger partial charge in [-0.1, -0.05) is 12.1 Å². The van der Waals surface area contributed by atoms with Crippen molar-refractivity contribution < 1.29 is 9.90 Å². The topological polar surface area (TPSA) is 53.4 Å². The molecule has 0 unspecified atom stereocenters. The van der Waals surface area contributed by atoms with Crippen molar-refractivity contribution in [2.45, 2.75) is 26.3 Å². The van der Waals surface area contributed by atoms with Crippen LogP contribution in [0.15, 0.2) is 36.5 Å². The van der Waals surface area contributed by atoms with Gasteiger partial charge in [0.1, 0.15) is 5.75 Å². The van der Waals surface area contributed by atoms with Crippen LogP contribution < -0.4 is 0 Å². The van der Waals surface area contributed by atoms with Gasteiger partial charge in [-0.3, -0.25) is 9.78 Å². The van der Waals surface area contributed by atoms with E-state index in [4.69, 9.17) is 0 Å². The monoisotopic (exact) mass is 282 g/mol. The van der Waals surface area contributed by atoms with Crippen molar-refractivity contribution in [2.75, 3.05) is 6.54 Å². The summed E-state index contributed by atoms with van der Waals surface area (Å²) < 4.78 is 0. The predicted molar refractivity (Wildman–Crippen MR) is 79.9 cm³/mol. The van der Waals surface area contributed by atoms with E-state index >= 15 is 0 Å². The second-order valence-electron chi connectivity index (χ2n) is 5.46. The van der Waals surface area contributed by atoms with E-state index in [2.05, 4.69) is 4.98 Å². The van der Waals surface area contributed by atoms with E-state index in [-0.39, 0.29) is 11.7 Å². The molecule has 4 heteroatoms. The molecule has 2 aromatic rings. The normalized spacial score (nSPS) is 13.9. The number of aryl methyl sites for hydroxylation is 1. The average Bonchev–Trinajstić information content (AvgIpc) is 2.48. The third-order valence-corrected chi connectivity index (χ3v) is 3.99. The fourth-order valence-corrected chi connectivity index (χ4v) is 2.71. The summed E-state index contributed by atoms with van der Waals surface area (Å²) >= 11 is 0. The summed E-state index contributed by atoms with van der Waals surface area (Å²) in [5, 5.41) is 9.57. The van der Waals surface area contributed by atoms with Crippen molar-refractivity contribution in [1.29, 1.82) is 0 Å². The van der Waals surface area contributed by atoms with Gasteiger partial charge in [0.15, 0.2) is 0 Å². The lowest BCUT2D eigenvalue weighted by Gasteiger charge is -2.29. The lowest BCUT2D eigenvalue weighted by Crippen LogP contribution is -2.37.